The SMILES string of the molecule is Cc1ccccc1-n1nc(C)c(CN(C)C(=O)CCN)c1C.Cl. The zero-order chi connectivity index (χ0) is 16.3. The van der Waals surface area contributed by atoms with E-state index in [4.69, 9.17) is 5.73 Å². The predicted molar refractivity (Wildman–Crippen MR) is 95.2 cm³/mol. The molecule has 0 aliphatic heterocycles. The fraction of sp³-hybridized carbons (Fsp3) is 0.412. The van der Waals surface area contributed by atoms with Crippen LogP contribution in [0.25, 0.3) is 5.69 Å². The lowest BCUT2D eigenvalue weighted by Crippen LogP contribution is -2.28. The Morgan fingerprint density at radius 1 is 1.26 bits per heavy atom. The van der Waals surface area contributed by atoms with Gasteiger partial charge in [0.25, 0.3) is 0 Å². The van der Waals surface area contributed by atoms with E-state index in [2.05, 4.69) is 24.2 Å². The number of nitrogens with two attached hydrogens (primary N) is 1. The first-order valence-electron chi connectivity index (χ1n) is 7.50. The molecule has 1 amide bonds. The maximum Gasteiger partial charge on any atom is 0.223 e. The summed E-state index contributed by atoms with van der Waals surface area (Å²) in [6, 6.07) is 8.16. The number of nitrogens with zero attached hydrogens (tertiary/aromatic N) is 3. The Labute approximate surface area is 143 Å². The van der Waals surface area contributed by atoms with Crippen LogP contribution in [0.4, 0.5) is 0 Å². The second kappa shape index (κ2) is 8.13. The molecule has 0 aliphatic carbocycles. The van der Waals surface area contributed by atoms with E-state index in [0.717, 1.165) is 22.6 Å². The summed E-state index contributed by atoms with van der Waals surface area (Å²) < 4.78 is 1.96. The Hall–Kier alpha value is -1.85. The van der Waals surface area contributed by atoms with Crippen molar-refractivity contribution >= 4 is 18.3 Å². The van der Waals surface area contributed by atoms with Crippen LogP contribution in [0.2, 0.25) is 0 Å². The summed E-state index contributed by atoms with van der Waals surface area (Å²) in [6.45, 7) is 7.04. The van der Waals surface area contributed by atoms with Gasteiger partial charge in [-0.15, -0.1) is 12.4 Å². The molecule has 0 saturated carbocycles. The molecule has 2 aromatic rings. The Balaban J connectivity index is 0.00000264. The van der Waals surface area contributed by atoms with Crippen LogP contribution in [-0.4, -0.2) is 34.2 Å². The van der Waals surface area contributed by atoms with Crippen LogP contribution in [0.3, 0.4) is 0 Å². The number of carbonyl (C=O) groups excluding carboxylic acids is 1. The largest absolute Gasteiger partial charge is 0.341 e. The van der Waals surface area contributed by atoms with E-state index in [1.165, 1.54) is 5.56 Å². The third-order valence-electron chi connectivity index (χ3n) is 3.96. The molecule has 0 unspecified atom stereocenters. The van der Waals surface area contributed by atoms with Gasteiger partial charge in [0.15, 0.2) is 0 Å². The molecule has 0 aliphatic rings. The van der Waals surface area contributed by atoms with Crippen LogP contribution in [-0.2, 0) is 11.3 Å². The van der Waals surface area contributed by atoms with Gasteiger partial charge in [-0.25, -0.2) is 4.68 Å². The molecule has 23 heavy (non-hydrogen) atoms. The number of halogens is 1. The molecule has 0 atom stereocenters. The third kappa shape index (κ3) is 4.12. The highest BCUT2D eigenvalue weighted by atomic mass is 35.5. The van der Waals surface area contributed by atoms with Gasteiger partial charge in [0.2, 0.25) is 5.91 Å². The van der Waals surface area contributed by atoms with E-state index < -0.39 is 0 Å². The molecule has 0 radical (unpaired) electrons. The number of para-hydroxylation sites is 1. The summed E-state index contributed by atoms with van der Waals surface area (Å²) >= 11 is 0. The standard InChI is InChI=1S/C17H24N4O.ClH/c1-12-7-5-6-8-16(12)21-14(3)15(13(2)19-21)11-20(4)17(22)9-10-18;/h5-8H,9-11,18H2,1-4H3;1H. The number of aromatic nitrogens is 2. The third-order valence-corrected chi connectivity index (χ3v) is 3.96. The molecule has 0 fully saturated rings. The molecule has 0 spiro atoms. The monoisotopic (exact) mass is 336 g/mol. The van der Waals surface area contributed by atoms with Crippen molar-refractivity contribution in [2.24, 2.45) is 5.73 Å². The van der Waals surface area contributed by atoms with Gasteiger partial charge in [0.1, 0.15) is 0 Å². The normalized spacial score (nSPS) is 10.3. The lowest BCUT2D eigenvalue weighted by Gasteiger charge is -2.17. The quantitative estimate of drug-likeness (QED) is 0.912. The fourth-order valence-corrected chi connectivity index (χ4v) is 2.58. The number of carbonyl (C=O) groups is 1. The van der Waals surface area contributed by atoms with E-state index in [-0.39, 0.29) is 18.3 Å². The summed E-state index contributed by atoms with van der Waals surface area (Å²) in [4.78, 5) is 13.6. The molecule has 5 nitrogen and oxygen atoms in total. The lowest BCUT2D eigenvalue weighted by molar-refractivity contribution is -0.130. The van der Waals surface area contributed by atoms with Crippen LogP contribution < -0.4 is 5.73 Å². The van der Waals surface area contributed by atoms with E-state index in [1.54, 1.807) is 4.90 Å². The number of rotatable bonds is 5. The maximum atomic E-state index is 11.9. The molecule has 1 aromatic carbocycles. The van der Waals surface area contributed by atoms with Gasteiger partial charge in [-0.05, 0) is 32.4 Å². The molecule has 0 bridgehead atoms. The predicted octanol–water partition coefficient (Wildman–Crippen LogP) is 2.53. The van der Waals surface area contributed by atoms with Gasteiger partial charge in [-0.3, -0.25) is 4.79 Å². The minimum absolute atomic E-state index is 0. The van der Waals surface area contributed by atoms with Crippen molar-refractivity contribution in [1.29, 1.82) is 0 Å². The average Bonchev–Trinajstić information content (AvgIpc) is 2.76. The number of benzene rings is 1. The maximum absolute atomic E-state index is 11.9. The van der Waals surface area contributed by atoms with E-state index in [0.29, 0.717) is 19.5 Å². The highest BCUT2D eigenvalue weighted by Crippen LogP contribution is 2.21. The summed E-state index contributed by atoms with van der Waals surface area (Å²) in [7, 11) is 1.81. The first-order valence-corrected chi connectivity index (χ1v) is 7.50. The van der Waals surface area contributed by atoms with E-state index in [1.807, 2.05) is 37.7 Å². The minimum Gasteiger partial charge on any atom is -0.341 e. The van der Waals surface area contributed by atoms with Gasteiger partial charge in [0.05, 0.1) is 11.4 Å². The summed E-state index contributed by atoms with van der Waals surface area (Å²) in [6.07, 6.45) is 0.376. The molecule has 6 heteroatoms. The van der Waals surface area contributed by atoms with Gasteiger partial charge in [-0.1, -0.05) is 18.2 Å². The zero-order valence-electron chi connectivity index (χ0n) is 14.2. The lowest BCUT2D eigenvalue weighted by atomic mass is 10.1. The van der Waals surface area contributed by atoms with Crippen molar-refractivity contribution in [2.45, 2.75) is 33.7 Å². The highest BCUT2D eigenvalue weighted by Gasteiger charge is 2.17. The topological polar surface area (TPSA) is 64.2 Å². The van der Waals surface area contributed by atoms with Crippen molar-refractivity contribution in [3.8, 4) is 5.69 Å². The Morgan fingerprint density at radius 3 is 2.52 bits per heavy atom. The van der Waals surface area contributed by atoms with Crippen molar-refractivity contribution in [3.05, 3.63) is 46.8 Å². The van der Waals surface area contributed by atoms with Crippen LogP contribution in [0.5, 0.6) is 0 Å². The van der Waals surface area contributed by atoms with Crippen molar-refractivity contribution in [1.82, 2.24) is 14.7 Å². The molecule has 126 valence electrons. The van der Waals surface area contributed by atoms with Crippen molar-refractivity contribution < 1.29 is 4.79 Å². The number of hydrogen-bond acceptors (Lipinski definition) is 3. The molecule has 0 saturated heterocycles. The number of amides is 1. The van der Waals surface area contributed by atoms with E-state index in [9.17, 15) is 4.79 Å². The Bertz CT molecular complexity index is 681. The van der Waals surface area contributed by atoms with Crippen LogP contribution in [0.15, 0.2) is 24.3 Å². The smallest absolute Gasteiger partial charge is 0.223 e. The number of aryl methyl sites for hydroxylation is 2. The van der Waals surface area contributed by atoms with Crippen molar-refractivity contribution in [3.63, 3.8) is 0 Å². The highest BCUT2D eigenvalue weighted by molar-refractivity contribution is 5.85. The second-order valence-corrected chi connectivity index (χ2v) is 5.64. The molecule has 2 rings (SSSR count). The molecule has 1 heterocycles. The van der Waals surface area contributed by atoms with Gasteiger partial charge in [0, 0.05) is 37.8 Å². The Kier molecular flexibility index (Phi) is 6.79. The second-order valence-electron chi connectivity index (χ2n) is 5.64. The van der Waals surface area contributed by atoms with Crippen LogP contribution in [0, 0.1) is 20.8 Å². The van der Waals surface area contributed by atoms with Crippen LogP contribution in [0.1, 0.15) is 28.9 Å². The summed E-state index contributed by atoms with van der Waals surface area (Å²) in [5.41, 5.74) is 10.8. The fourth-order valence-electron chi connectivity index (χ4n) is 2.58. The minimum atomic E-state index is 0. The van der Waals surface area contributed by atoms with Crippen LogP contribution >= 0.6 is 12.4 Å². The number of hydrogen-bond donors (Lipinski definition) is 1. The van der Waals surface area contributed by atoms with E-state index >= 15 is 0 Å². The molecular weight excluding hydrogens is 312 g/mol. The molecular formula is C17H25ClN4O. The first kappa shape index (κ1) is 19.2. The van der Waals surface area contributed by atoms with Crippen molar-refractivity contribution in [2.75, 3.05) is 13.6 Å². The zero-order valence-corrected chi connectivity index (χ0v) is 15.0. The first-order chi connectivity index (χ1) is 10.5. The van der Waals surface area contributed by atoms with Gasteiger partial charge < -0.3 is 10.6 Å². The molecule has 1 aromatic heterocycles. The summed E-state index contributed by atoms with van der Waals surface area (Å²) in [5, 5.41) is 4.65. The molecule has 2 N–H and O–H groups in total. The van der Waals surface area contributed by atoms with Gasteiger partial charge >= 0.3 is 0 Å². The van der Waals surface area contributed by atoms with Gasteiger partial charge in [-0.2, -0.15) is 5.10 Å². The average molecular weight is 337 g/mol. The summed E-state index contributed by atoms with van der Waals surface area (Å²) in [5.74, 6) is 0.0601. The Morgan fingerprint density at radius 2 is 1.91 bits per heavy atom.